The highest BCUT2D eigenvalue weighted by atomic mass is 32.2. The van der Waals surface area contributed by atoms with Gasteiger partial charge in [-0.05, 0) is 87.0 Å². The van der Waals surface area contributed by atoms with Crippen molar-refractivity contribution in [2.75, 3.05) is 44.8 Å². The summed E-state index contributed by atoms with van der Waals surface area (Å²) in [5.41, 5.74) is -2.72. The molecule has 1 aromatic heterocycles. The monoisotopic (exact) mass is 1520 g/mol. The summed E-state index contributed by atoms with van der Waals surface area (Å²) < 4.78 is 24.1. The third-order valence-electron chi connectivity index (χ3n) is 19.1. The fourth-order valence-corrected chi connectivity index (χ4v) is 13.2. The van der Waals surface area contributed by atoms with Gasteiger partial charge in [-0.2, -0.15) is 11.8 Å². The van der Waals surface area contributed by atoms with Crippen molar-refractivity contribution in [3.05, 3.63) is 111 Å². The van der Waals surface area contributed by atoms with Crippen molar-refractivity contribution in [1.82, 2.24) is 57.0 Å². The number of ether oxygens (including phenoxy) is 4. The molecular formula is C73H105N11O22S. The number of H-pyrrole nitrogens is 1. The molecule has 107 heavy (non-hydrogen) atoms. The molecule has 7 rings (SSSR count). The number of esters is 2. The number of thioether (sulfide) groups is 1. The maximum atomic E-state index is 15.5. The molecule has 17 atom stereocenters. The van der Waals surface area contributed by atoms with E-state index in [2.05, 4.69) is 42.5 Å². The predicted octanol–water partition coefficient (Wildman–Crippen LogP) is -0.749. The van der Waals surface area contributed by atoms with E-state index in [1.165, 1.54) is 63.0 Å². The van der Waals surface area contributed by atoms with Crippen molar-refractivity contribution < 1.29 is 97.2 Å². The summed E-state index contributed by atoms with van der Waals surface area (Å²) in [5, 5.41) is 76.2. The van der Waals surface area contributed by atoms with Gasteiger partial charge in [-0.3, -0.25) is 62.3 Å². The molecular weight excluding hydrogens is 1410 g/mol. The zero-order valence-corrected chi connectivity index (χ0v) is 62.6. The van der Waals surface area contributed by atoms with Gasteiger partial charge in [0.2, 0.25) is 53.2 Å². The summed E-state index contributed by atoms with van der Waals surface area (Å²) in [7, 11) is 1.29. The van der Waals surface area contributed by atoms with Crippen molar-refractivity contribution in [3.63, 3.8) is 0 Å². The number of benzene rings is 2. The number of carbonyl (C=O) groups is 11. The van der Waals surface area contributed by atoms with Crippen LogP contribution in [-0.4, -0.2) is 228 Å². The molecule has 14 N–H and O–H groups in total. The van der Waals surface area contributed by atoms with Crippen LogP contribution in [0.3, 0.4) is 0 Å². The highest BCUT2D eigenvalue weighted by Crippen LogP contribution is 2.30. The molecule has 4 aliphatic heterocycles. The number of amides is 9. The van der Waals surface area contributed by atoms with Gasteiger partial charge in [0.1, 0.15) is 85.2 Å². The van der Waals surface area contributed by atoms with Gasteiger partial charge >= 0.3 is 17.6 Å². The van der Waals surface area contributed by atoms with Crippen LogP contribution in [0, 0.1) is 17.8 Å². The maximum absolute atomic E-state index is 15.5. The van der Waals surface area contributed by atoms with E-state index in [1.807, 2.05) is 4.98 Å². The lowest BCUT2D eigenvalue weighted by Gasteiger charge is -2.34. The Morgan fingerprint density at radius 2 is 1.38 bits per heavy atom. The molecule has 4 aliphatic rings. The quantitative estimate of drug-likeness (QED) is 0.0330. The second kappa shape index (κ2) is 41.9. The van der Waals surface area contributed by atoms with E-state index < -0.39 is 192 Å². The zero-order valence-electron chi connectivity index (χ0n) is 61.8. The second-order valence-corrected chi connectivity index (χ2v) is 28.8. The predicted molar refractivity (Wildman–Crippen MR) is 389 cm³/mol. The van der Waals surface area contributed by atoms with Gasteiger partial charge in [0, 0.05) is 63.5 Å². The SMILES string of the molecule is CC[C@H](C)[C@H]1NC(=O)[C@@H](NC(=O)[C@H](C)[C@H](O)C(C)C)[C@@H](C)OC(=O)[C@@H]2COC(=O)CNC(=O)/C=C/[C@@](O)(CSCCCCCCCCNC(=O)CCCC(=O)NC[C@H]3O[C@@H](n4ccc(=O)[nH]c4=O)[C@H](O)[C@@H]3O)[C@H](C)Oc3ccc(cc3)[C@H](NC1=O)C(=O)N(C)[C@@H](Cc1ccccc1)C(=O)N[C@H]([C@@H](C)O)C(=O)N2. The summed E-state index contributed by atoms with van der Waals surface area (Å²) in [6.07, 6.45) is -2.52. The van der Waals surface area contributed by atoms with E-state index in [-0.39, 0.29) is 61.6 Å². The Morgan fingerprint density at radius 1 is 0.738 bits per heavy atom. The van der Waals surface area contributed by atoms with Crippen LogP contribution in [0.5, 0.6) is 5.75 Å². The highest BCUT2D eigenvalue weighted by Gasteiger charge is 2.46. The fourth-order valence-electron chi connectivity index (χ4n) is 12.0. The van der Waals surface area contributed by atoms with Gasteiger partial charge in [0.15, 0.2) is 12.3 Å². The van der Waals surface area contributed by atoms with E-state index in [0.717, 1.165) is 66.8 Å². The normalized spacial score (nSPS) is 26.7. The Labute approximate surface area is 624 Å². The minimum atomic E-state index is -2.02. The van der Waals surface area contributed by atoms with Gasteiger partial charge < -0.3 is 91.9 Å². The number of aliphatic hydroxyl groups is 5. The number of cyclic esters (lactones) is 1. The first-order valence-corrected chi connectivity index (χ1v) is 37.3. The smallest absolute Gasteiger partial charge is 0.332 e. The van der Waals surface area contributed by atoms with E-state index in [1.54, 1.807) is 65.0 Å². The Morgan fingerprint density at radius 3 is 2.04 bits per heavy atom. The number of aromatic nitrogens is 2. The average Bonchev–Trinajstić information content (AvgIpc) is 1.77. The van der Waals surface area contributed by atoms with Crippen molar-refractivity contribution in [2.24, 2.45) is 17.8 Å². The standard InChI is InChI=1S/C73H105N11O22S/c1-10-41(4)57-66(96)82-60-47-25-27-48(28-26-47)105-45(8)73(102,39-107-34-19-14-12-11-13-18-32-74-52(86)23-20-24-53(87)75-36-51-62(92)63(93)70(106-51)84-33-30-55(89)78-72(84)101)31-29-54(88)76-37-56(90)103-38-49(71(100)104-44(7)59(68(98)79-57)81-64(94)42(5)61(91)40(2)3)77-67(97)58(43(6)85)80-65(95)50(83(9)69(60)99)35-46-21-16-15-17-22-46/h15-17,21-22,25-31,33,40-45,49-51,57-63,70,85,91-93,102H,10-14,18-20,23-24,32,34-39H2,1-9H3,(H,74,86)(H,75,87)(H,76,88)(H,77,97)(H,79,98)(H,80,95)(H,81,94)(H,82,96)(H,78,89,101)/b31-29+/t41-,42+,43+,44+,45-,49-,50-,51+,57+,58+,59-,60-,61+,62+,63+,70+,73+/m0/s1. The van der Waals surface area contributed by atoms with Gasteiger partial charge in [0.25, 0.3) is 5.56 Å². The molecule has 2 fully saturated rings. The second-order valence-electron chi connectivity index (χ2n) is 27.7. The number of nitrogens with one attached hydrogen (secondary N) is 9. The van der Waals surface area contributed by atoms with E-state index in [9.17, 15) is 78.3 Å². The minimum Gasteiger partial charge on any atom is -0.487 e. The number of rotatable bonds is 27. The van der Waals surface area contributed by atoms with Crippen LogP contribution >= 0.6 is 11.8 Å². The largest absolute Gasteiger partial charge is 0.487 e. The molecule has 4 bridgehead atoms. The molecule has 2 saturated heterocycles. The summed E-state index contributed by atoms with van der Waals surface area (Å²) in [5.74, 6) is -11.6. The number of nitrogens with zero attached hydrogens (tertiary/aromatic N) is 2. The molecule has 590 valence electrons. The first kappa shape index (κ1) is 86.9. The number of hydrogen-bond donors (Lipinski definition) is 14. The van der Waals surface area contributed by atoms with Gasteiger partial charge in [-0.15, -0.1) is 0 Å². The molecule has 33 nitrogen and oxygen atoms in total. The van der Waals surface area contributed by atoms with Crippen LogP contribution in [0.25, 0.3) is 0 Å². The molecule has 0 unspecified atom stereocenters. The number of fused-ring (bicyclic) bond motifs is 11. The Bertz CT molecular complexity index is 3670. The molecule has 9 amide bonds. The molecule has 34 heteroatoms. The summed E-state index contributed by atoms with van der Waals surface area (Å²) >= 11 is 1.38. The molecule has 0 spiro atoms. The number of hydrogen-bond acceptors (Lipinski definition) is 23. The third kappa shape index (κ3) is 25.8. The van der Waals surface area contributed by atoms with Crippen molar-refractivity contribution in [2.45, 2.75) is 217 Å². The van der Waals surface area contributed by atoms with Crippen LogP contribution in [-0.2, 0) is 73.4 Å². The fraction of sp³-hybridized carbons (Fsp3) is 0.603. The van der Waals surface area contributed by atoms with Crippen molar-refractivity contribution in [1.29, 1.82) is 0 Å². The summed E-state index contributed by atoms with van der Waals surface area (Å²) in [6, 6.07) is 4.95. The Kier molecular flexibility index (Phi) is 34.0. The van der Waals surface area contributed by atoms with Crippen molar-refractivity contribution >= 4 is 76.9 Å². The number of aliphatic hydroxyl groups excluding tert-OH is 4. The summed E-state index contributed by atoms with van der Waals surface area (Å²) in [6.45, 7) is 10.4. The van der Waals surface area contributed by atoms with Crippen LogP contribution in [0.2, 0.25) is 0 Å². The van der Waals surface area contributed by atoms with Crippen LogP contribution in [0.15, 0.2) is 88.6 Å². The average molecular weight is 1520 g/mol. The van der Waals surface area contributed by atoms with E-state index >= 15 is 9.59 Å². The lowest BCUT2D eigenvalue weighted by Crippen LogP contribution is -2.61. The minimum absolute atomic E-state index is 0.000635. The van der Waals surface area contributed by atoms with Crippen LogP contribution in [0.4, 0.5) is 0 Å². The van der Waals surface area contributed by atoms with E-state index in [0.29, 0.717) is 24.3 Å². The zero-order chi connectivity index (χ0) is 78.8. The van der Waals surface area contributed by atoms with Gasteiger partial charge in [-0.1, -0.05) is 109 Å². The first-order chi connectivity index (χ1) is 50.7. The van der Waals surface area contributed by atoms with Crippen LogP contribution in [0.1, 0.15) is 143 Å². The lowest BCUT2D eigenvalue weighted by molar-refractivity contribution is -0.160. The third-order valence-corrected chi connectivity index (χ3v) is 20.3. The van der Waals surface area contributed by atoms with Gasteiger partial charge in [0.05, 0.1) is 18.1 Å². The van der Waals surface area contributed by atoms with E-state index in [4.69, 9.17) is 18.9 Å². The number of unbranched alkanes of at least 4 members (excludes halogenated alkanes) is 5. The number of aromatic amines is 1. The Hall–Kier alpha value is -9.06. The number of carbonyl (C=O) groups excluding carboxylic acids is 11. The van der Waals surface area contributed by atoms with Crippen molar-refractivity contribution in [3.8, 4) is 5.75 Å². The molecule has 0 saturated carbocycles. The maximum Gasteiger partial charge on any atom is 0.332 e. The van der Waals surface area contributed by atoms with Gasteiger partial charge in [-0.25, -0.2) is 9.59 Å². The Balaban J connectivity index is 1.17. The molecule has 2 aromatic carbocycles. The molecule has 3 aromatic rings. The lowest BCUT2D eigenvalue weighted by atomic mass is 9.93. The number of likely N-dealkylation sites (N-methyl/N-ethyl adjacent to an activating group) is 1. The van der Waals surface area contributed by atoms with Crippen LogP contribution < -0.4 is 58.5 Å². The molecule has 0 aliphatic carbocycles. The molecule has 0 radical (unpaired) electrons. The topological polar surface area (TPSA) is 480 Å². The molecule has 5 heterocycles. The first-order valence-electron chi connectivity index (χ1n) is 36.2. The highest BCUT2D eigenvalue weighted by molar-refractivity contribution is 7.99. The summed E-state index contributed by atoms with van der Waals surface area (Å²) in [4.78, 5) is 182.